The van der Waals surface area contributed by atoms with Gasteiger partial charge in [-0.3, -0.25) is 4.90 Å². The Morgan fingerprint density at radius 2 is 2.13 bits per heavy atom. The van der Waals surface area contributed by atoms with Crippen LogP contribution < -0.4 is 5.32 Å². The number of nitrogens with one attached hydrogen (secondary N) is 1. The summed E-state index contributed by atoms with van der Waals surface area (Å²) in [5.41, 5.74) is 5.73. The van der Waals surface area contributed by atoms with Crippen LogP contribution in [0.15, 0.2) is 24.3 Å². The molecule has 1 saturated carbocycles. The fraction of sp³-hybridized carbons (Fsp3) is 0.526. The number of hydrogen-bond acceptors (Lipinski definition) is 3. The van der Waals surface area contributed by atoms with Crippen LogP contribution in [0, 0.1) is 13.8 Å². The summed E-state index contributed by atoms with van der Waals surface area (Å²) in [7, 11) is 1.47. The van der Waals surface area contributed by atoms with Crippen molar-refractivity contribution in [3.63, 3.8) is 0 Å². The first kappa shape index (κ1) is 14.6. The number of methoxy groups -OCH3 is 1. The molecule has 2 atom stereocenters. The van der Waals surface area contributed by atoms with Crippen molar-refractivity contribution in [2.75, 3.05) is 19.0 Å². The van der Waals surface area contributed by atoms with Crippen LogP contribution in [0.3, 0.4) is 0 Å². The van der Waals surface area contributed by atoms with E-state index in [1.54, 1.807) is 0 Å². The molecule has 0 aromatic heterocycles. The van der Waals surface area contributed by atoms with Gasteiger partial charge in [-0.05, 0) is 62.3 Å². The normalized spacial score (nSPS) is 31.3. The number of carbonyl (C=O) groups is 1. The molecule has 1 aliphatic carbocycles. The van der Waals surface area contributed by atoms with E-state index < -0.39 is 5.66 Å². The molecule has 4 nitrogen and oxygen atoms in total. The summed E-state index contributed by atoms with van der Waals surface area (Å²) in [6.07, 6.45) is 3.70. The molecule has 0 bridgehead atoms. The van der Waals surface area contributed by atoms with Gasteiger partial charge in [0.25, 0.3) is 0 Å². The first-order valence-electron chi connectivity index (χ1n) is 8.40. The predicted molar refractivity (Wildman–Crippen MR) is 90.7 cm³/mol. The van der Waals surface area contributed by atoms with Crippen LogP contribution in [-0.2, 0) is 10.2 Å². The maximum atomic E-state index is 12.4. The van der Waals surface area contributed by atoms with Crippen LogP contribution in [0.1, 0.15) is 42.4 Å². The number of benzene rings is 1. The van der Waals surface area contributed by atoms with Gasteiger partial charge in [-0.25, -0.2) is 4.79 Å². The Kier molecular flexibility index (Phi) is 2.88. The van der Waals surface area contributed by atoms with Crippen molar-refractivity contribution in [1.82, 2.24) is 4.90 Å². The Morgan fingerprint density at radius 3 is 2.87 bits per heavy atom. The maximum absolute atomic E-state index is 12.4. The largest absolute Gasteiger partial charge is 0.453 e. The van der Waals surface area contributed by atoms with E-state index in [4.69, 9.17) is 4.74 Å². The highest BCUT2D eigenvalue weighted by molar-refractivity contribution is 5.78. The lowest BCUT2D eigenvalue weighted by Crippen LogP contribution is -2.61. The Labute approximate surface area is 137 Å². The topological polar surface area (TPSA) is 41.6 Å². The molecule has 4 heteroatoms. The summed E-state index contributed by atoms with van der Waals surface area (Å²) in [6, 6.07) is 4.45. The van der Waals surface area contributed by atoms with Crippen molar-refractivity contribution in [3.8, 4) is 0 Å². The van der Waals surface area contributed by atoms with Crippen molar-refractivity contribution in [1.29, 1.82) is 0 Å². The standard InChI is InChI=1S/C19H24N2O2/c1-12-10-13(2)16-15(11-12)20-19-7-5-6-14(3)18(16,19)8-9-21(19)17(22)23-4/h10-11,20H,3,5-9H2,1-2,4H3/t18-,19+/m1/s1. The first-order chi connectivity index (χ1) is 11.0. The van der Waals surface area contributed by atoms with Gasteiger partial charge in [0.05, 0.1) is 12.5 Å². The molecule has 4 rings (SSSR count). The lowest BCUT2D eigenvalue weighted by atomic mass is 9.61. The van der Waals surface area contributed by atoms with Gasteiger partial charge in [0.2, 0.25) is 0 Å². The number of fused-ring (bicyclic) bond motifs is 1. The fourth-order valence-corrected chi connectivity index (χ4v) is 5.45. The van der Waals surface area contributed by atoms with Crippen LogP contribution >= 0.6 is 0 Å². The van der Waals surface area contributed by atoms with E-state index in [1.165, 1.54) is 35.1 Å². The number of likely N-dealkylation sites (tertiary alicyclic amines) is 1. The lowest BCUT2D eigenvalue weighted by Gasteiger charge is -2.49. The molecule has 1 aromatic carbocycles. The summed E-state index contributed by atoms with van der Waals surface area (Å²) < 4.78 is 5.09. The van der Waals surface area contributed by atoms with E-state index in [1.807, 2.05) is 4.90 Å². The highest BCUT2D eigenvalue weighted by atomic mass is 16.5. The molecular weight excluding hydrogens is 288 g/mol. The predicted octanol–water partition coefficient (Wildman–Crippen LogP) is 3.88. The molecule has 3 aliphatic rings. The second kappa shape index (κ2) is 4.53. The number of carbonyl (C=O) groups excluding carboxylic acids is 1. The molecule has 122 valence electrons. The average Bonchev–Trinajstić information content (AvgIpc) is 2.97. The zero-order valence-electron chi connectivity index (χ0n) is 14.2. The first-order valence-corrected chi connectivity index (χ1v) is 8.40. The third-order valence-electron chi connectivity index (χ3n) is 6.14. The zero-order chi connectivity index (χ0) is 16.4. The minimum Gasteiger partial charge on any atom is -0.453 e. The molecule has 0 spiro atoms. The number of rotatable bonds is 0. The number of aryl methyl sites for hydroxylation is 2. The molecule has 0 unspecified atom stereocenters. The Morgan fingerprint density at radius 1 is 1.35 bits per heavy atom. The second-order valence-electron chi connectivity index (χ2n) is 7.22. The SMILES string of the molecule is C=C1CCC[C@@]23Nc4cc(C)cc(C)c4[C@@]12CCN3C(=O)OC. The van der Waals surface area contributed by atoms with Crippen molar-refractivity contribution >= 4 is 11.8 Å². The molecule has 23 heavy (non-hydrogen) atoms. The van der Waals surface area contributed by atoms with E-state index >= 15 is 0 Å². The van der Waals surface area contributed by atoms with Gasteiger partial charge in [-0.15, -0.1) is 0 Å². The number of hydrogen-bond donors (Lipinski definition) is 1. The molecule has 2 fully saturated rings. The monoisotopic (exact) mass is 312 g/mol. The molecule has 2 aliphatic heterocycles. The summed E-state index contributed by atoms with van der Waals surface area (Å²) in [5, 5.41) is 3.74. The van der Waals surface area contributed by atoms with Gasteiger partial charge in [0.1, 0.15) is 5.66 Å². The van der Waals surface area contributed by atoms with E-state index in [2.05, 4.69) is 37.9 Å². The number of nitrogens with zero attached hydrogens (tertiary/aromatic N) is 1. The van der Waals surface area contributed by atoms with Crippen LogP contribution in [0.2, 0.25) is 0 Å². The van der Waals surface area contributed by atoms with Crippen LogP contribution in [0.25, 0.3) is 0 Å². The molecule has 1 saturated heterocycles. The van der Waals surface area contributed by atoms with Gasteiger partial charge in [0.15, 0.2) is 0 Å². The van der Waals surface area contributed by atoms with Crippen molar-refractivity contribution in [2.45, 2.75) is 50.6 Å². The number of amides is 1. The third-order valence-corrected chi connectivity index (χ3v) is 6.14. The number of ether oxygens (including phenoxy) is 1. The van der Waals surface area contributed by atoms with E-state index in [9.17, 15) is 4.79 Å². The van der Waals surface area contributed by atoms with Crippen molar-refractivity contribution < 1.29 is 9.53 Å². The molecule has 1 N–H and O–H groups in total. The maximum Gasteiger partial charge on any atom is 0.411 e. The van der Waals surface area contributed by atoms with Crippen molar-refractivity contribution in [2.24, 2.45) is 0 Å². The van der Waals surface area contributed by atoms with Gasteiger partial charge in [0, 0.05) is 12.2 Å². The summed E-state index contributed by atoms with van der Waals surface area (Å²) in [4.78, 5) is 14.4. The van der Waals surface area contributed by atoms with E-state index in [0.717, 1.165) is 25.7 Å². The Balaban J connectivity index is 1.98. The molecule has 1 amide bonds. The smallest absolute Gasteiger partial charge is 0.411 e. The van der Waals surface area contributed by atoms with Crippen molar-refractivity contribution in [3.05, 3.63) is 41.0 Å². The third kappa shape index (κ3) is 1.54. The highest BCUT2D eigenvalue weighted by Gasteiger charge is 2.68. The van der Waals surface area contributed by atoms with Crippen LogP contribution in [-0.4, -0.2) is 30.3 Å². The fourth-order valence-electron chi connectivity index (χ4n) is 5.45. The molecule has 0 radical (unpaired) electrons. The van der Waals surface area contributed by atoms with Crippen LogP contribution in [0.5, 0.6) is 0 Å². The zero-order valence-corrected chi connectivity index (χ0v) is 14.2. The number of anilines is 1. The van der Waals surface area contributed by atoms with Gasteiger partial charge in [-0.2, -0.15) is 0 Å². The summed E-state index contributed by atoms with van der Waals surface area (Å²) >= 11 is 0. The van der Waals surface area contributed by atoms with E-state index in [-0.39, 0.29) is 11.5 Å². The molecular formula is C19H24N2O2. The quantitative estimate of drug-likeness (QED) is 0.739. The Bertz CT molecular complexity index is 726. The summed E-state index contributed by atoms with van der Waals surface area (Å²) in [5.74, 6) is 0. The van der Waals surface area contributed by atoms with Gasteiger partial charge in [-0.1, -0.05) is 18.2 Å². The minimum absolute atomic E-state index is 0.174. The average molecular weight is 312 g/mol. The van der Waals surface area contributed by atoms with Crippen LogP contribution in [0.4, 0.5) is 10.5 Å². The van der Waals surface area contributed by atoms with E-state index in [0.29, 0.717) is 6.54 Å². The second-order valence-corrected chi connectivity index (χ2v) is 7.22. The minimum atomic E-state index is -0.406. The summed E-state index contributed by atoms with van der Waals surface area (Å²) in [6.45, 7) is 9.46. The molecule has 2 heterocycles. The lowest BCUT2D eigenvalue weighted by molar-refractivity contribution is 0.0724. The highest BCUT2D eigenvalue weighted by Crippen LogP contribution is 2.64. The van der Waals surface area contributed by atoms with Gasteiger partial charge >= 0.3 is 6.09 Å². The molecule has 1 aromatic rings. The Hall–Kier alpha value is -1.97. The van der Waals surface area contributed by atoms with Gasteiger partial charge < -0.3 is 10.1 Å².